The molecule has 0 spiro atoms. The topological polar surface area (TPSA) is 78.0 Å². The van der Waals surface area contributed by atoms with Gasteiger partial charge in [0.25, 0.3) is 5.56 Å². The molecule has 29 heavy (non-hydrogen) atoms. The first-order valence-electron chi connectivity index (χ1n) is 9.35. The van der Waals surface area contributed by atoms with Gasteiger partial charge in [-0.1, -0.05) is 36.4 Å². The molecule has 0 N–H and O–H groups in total. The minimum atomic E-state index is -0.208. The zero-order chi connectivity index (χ0) is 20.0. The number of nitrogens with zero attached hydrogens (tertiary/aromatic N) is 6. The first-order valence-corrected chi connectivity index (χ1v) is 9.35. The number of hydrogen-bond donors (Lipinski definition) is 0. The molecular weight excluding hydrogens is 364 g/mol. The Bertz CT molecular complexity index is 1400. The number of hydrogen-bond acceptors (Lipinski definition) is 5. The second-order valence-electron chi connectivity index (χ2n) is 6.96. The number of aryl methyl sites for hydroxylation is 2. The molecule has 0 saturated heterocycles. The van der Waals surface area contributed by atoms with Gasteiger partial charge in [0.15, 0.2) is 0 Å². The fourth-order valence-electron chi connectivity index (χ4n) is 3.61. The Hall–Kier alpha value is -3.87. The molecule has 0 aliphatic heterocycles. The van der Waals surface area contributed by atoms with Gasteiger partial charge in [-0.2, -0.15) is 10.2 Å². The Labute approximate surface area is 166 Å². The summed E-state index contributed by atoms with van der Waals surface area (Å²) in [5.41, 5.74) is 4.26. The summed E-state index contributed by atoms with van der Waals surface area (Å²) >= 11 is 0. The van der Waals surface area contributed by atoms with Gasteiger partial charge < -0.3 is 0 Å². The van der Waals surface area contributed by atoms with Gasteiger partial charge in [0, 0.05) is 6.20 Å². The molecule has 0 amide bonds. The van der Waals surface area contributed by atoms with Crippen molar-refractivity contribution in [2.45, 2.75) is 20.4 Å². The van der Waals surface area contributed by atoms with Crippen molar-refractivity contribution in [3.05, 3.63) is 88.2 Å². The second-order valence-corrected chi connectivity index (χ2v) is 6.96. The molecule has 0 atom stereocenters. The van der Waals surface area contributed by atoms with E-state index in [0.717, 1.165) is 33.5 Å². The summed E-state index contributed by atoms with van der Waals surface area (Å²) in [6, 6.07) is 17.4. The van der Waals surface area contributed by atoms with Crippen molar-refractivity contribution in [2.75, 3.05) is 0 Å². The van der Waals surface area contributed by atoms with Gasteiger partial charge >= 0.3 is 0 Å². The molecule has 7 heteroatoms. The quantitative estimate of drug-likeness (QED) is 0.479. The second kappa shape index (κ2) is 6.63. The molecule has 0 bridgehead atoms. The molecular formula is C22H18N6O. The maximum absolute atomic E-state index is 13.2. The van der Waals surface area contributed by atoms with Crippen LogP contribution in [-0.4, -0.2) is 29.4 Å². The van der Waals surface area contributed by atoms with E-state index in [4.69, 9.17) is 0 Å². The number of benzene rings is 1. The molecule has 0 fully saturated rings. The third-order valence-corrected chi connectivity index (χ3v) is 4.95. The highest BCUT2D eigenvalue weighted by Gasteiger charge is 2.17. The molecule has 0 aliphatic carbocycles. The Morgan fingerprint density at radius 2 is 1.72 bits per heavy atom. The normalized spacial score (nSPS) is 11.4. The van der Waals surface area contributed by atoms with Crippen molar-refractivity contribution < 1.29 is 0 Å². The van der Waals surface area contributed by atoms with Crippen LogP contribution in [0.4, 0.5) is 0 Å². The van der Waals surface area contributed by atoms with E-state index in [1.165, 1.54) is 4.68 Å². The van der Waals surface area contributed by atoms with E-state index in [1.54, 1.807) is 10.7 Å². The van der Waals surface area contributed by atoms with Gasteiger partial charge in [-0.25, -0.2) is 14.2 Å². The van der Waals surface area contributed by atoms with Crippen LogP contribution in [0.2, 0.25) is 0 Å². The maximum atomic E-state index is 13.2. The van der Waals surface area contributed by atoms with Crippen molar-refractivity contribution in [3.8, 4) is 11.4 Å². The summed E-state index contributed by atoms with van der Waals surface area (Å²) in [5.74, 6) is 0.642. The van der Waals surface area contributed by atoms with Crippen LogP contribution in [0.15, 0.2) is 65.6 Å². The van der Waals surface area contributed by atoms with Gasteiger partial charge in [0.1, 0.15) is 17.0 Å². The number of aromatic nitrogens is 6. The fraction of sp³-hybridized carbons (Fsp3) is 0.136. The van der Waals surface area contributed by atoms with Crippen LogP contribution >= 0.6 is 0 Å². The van der Waals surface area contributed by atoms with Crippen molar-refractivity contribution in [1.82, 2.24) is 29.4 Å². The maximum Gasteiger partial charge on any atom is 0.293 e. The van der Waals surface area contributed by atoms with Crippen molar-refractivity contribution in [2.24, 2.45) is 0 Å². The molecule has 0 unspecified atom stereocenters. The fourth-order valence-corrected chi connectivity index (χ4v) is 3.61. The minimum Gasteiger partial charge on any atom is -0.265 e. The minimum absolute atomic E-state index is 0.208. The molecule has 0 aliphatic rings. The Morgan fingerprint density at radius 1 is 0.931 bits per heavy atom. The molecule has 0 saturated carbocycles. The molecule has 1 aromatic carbocycles. The molecule has 5 aromatic rings. The van der Waals surface area contributed by atoms with Crippen LogP contribution in [0, 0.1) is 13.8 Å². The third kappa shape index (κ3) is 2.87. The van der Waals surface area contributed by atoms with E-state index in [0.29, 0.717) is 17.9 Å². The van der Waals surface area contributed by atoms with Crippen LogP contribution in [0.1, 0.15) is 17.1 Å². The summed E-state index contributed by atoms with van der Waals surface area (Å²) in [6.07, 6.45) is 1.73. The smallest absolute Gasteiger partial charge is 0.265 e. The van der Waals surface area contributed by atoms with Crippen molar-refractivity contribution >= 4 is 16.4 Å². The first kappa shape index (κ1) is 17.2. The predicted octanol–water partition coefficient (Wildman–Crippen LogP) is 3.17. The van der Waals surface area contributed by atoms with Crippen molar-refractivity contribution in [1.29, 1.82) is 0 Å². The van der Waals surface area contributed by atoms with E-state index in [-0.39, 0.29) is 5.56 Å². The number of fused-ring (bicyclic) bond motifs is 3. The highest BCUT2D eigenvalue weighted by atomic mass is 16.1. The van der Waals surface area contributed by atoms with Crippen molar-refractivity contribution in [3.63, 3.8) is 0 Å². The van der Waals surface area contributed by atoms with Crippen LogP contribution in [0.3, 0.4) is 0 Å². The van der Waals surface area contributed by atoms with E-state index >= 15 is 0 Å². The first-order chi connectivity index (χ1) is 14.1. The van der Waals surface area contributed by atoms with Crippen LogP contribution in [0.25, 0.3) is 27.8 Å². The average Bonchev–Trinajstić information content (AvgIpc) is 3.19. The Balaban J connectivity index is 1.75. The van der Waals surface area contributed by atoms with Gasteiger partial charge in [-0.05, 0) is 37.6 Å². The van der Waals surface area contributed by atoms with Gasteiger partial charge in [0.05, 0.1) is 28.8 Å². The highest BCUT2D eigenvalue weighted by Crippen LogP contribution is 2.24. The lowest BCUT2D eigenvalue weighted by Crippen LogP contribution is -2.26. The summed E-state index contributed by atoms with van der Waals surface area (Å²) in [6.45, 7) is 4.15. The Morgan fingerprint density at radius 3 is 2.48 bits per heavy atom. The molecule has 0 radical (unpaired) electrons. The third-order valence-electron chi connectivity index (χ3n) is 4.95. The summed E-state index contributed by atoms with van der Waals surface area (Å²) in [5, 5.41) is 9.94. The van der Waals surface area contributed by atoms with Gasteiger partial charge in [0.2, 0.25) is 0 Å². The number of pyridine rings is 1. The van der Waals surface area contributed by atoms with Gasteiger partial charge in [-0.15, -0.1) is 0 Å². The van der Waals surface area contributed by atoms with Crippen LogP contribution in [-0.2, 0) is 6.54 Å². The van der Waals surface area contributed by atoms with E-state index in [1.807, 2.05) is 68.4 Å². The lowest BCUT2D eigenvalue weighted by molar-refractivity contribution is 0.635. The molecule has 4 heterocycles. The SMILES string of the molecule is Cc1nn(Cc2ccccc2)c(=O)c2nc(C)n3nc(-c4ccccn4)cc3c12. The molecule has 5 rings (SSSR count). The summed E-state index contributed by atoms with van der Waals surface area (Å²) < 4.78 is 3.23. The molecule has 4 aromatic heterocycles. The number of rotatable bonds is 3. The standard InChI is InChI=1S/C22H18N6O/c1-14-20-19-12-18(17-10-6-7-11-23-17)26-28(19)15(2)24-21(20)22(29)27(25-14)13-16-8-4-3-5-9-16/h3-12H,13H2,1-2H3. The van der Waals surface area contributed by atoms with Crippen LogP contribution < -0.4 is 5.56 Å². The lowest BCUT2D eigenvalue weighted by atomic mass is 10.2. The zero-order valence-electron chi connectivity index (χ0n) is 16.1. The monoisotopic (exact) mass is 382 g/mol. The van der Waals surface area contributed by atoms with Gasteiger partial charge in [-0.3, -0.25) is 9.78 Å². The predicted molar refractivity (Wildman–Crippen MR) is 111 cm³/mol. The Kier molecular flexibility index (Phi) is 3.94. The lowest BCUT2D eigenvalue weighted by Gasteiger charge is -2.10. The summed E-state index contributed by atoms with van der Waals surface area (Å²) in [7, 11) is 0. The molecule has 142 valence electrons. The average molecular weight is 382 g/mol. The summed E-state index contributed by atoms with van der Waals surface area (Å²) in [4.78, 5) is 22.1. The van der Waals surface area contributed by atoms with Crippen LogP contribution in [0.5, 0.6) is 0 Å². The van der Waals surface area contributed by atoms with E-state index < -0.39 is 0 Å². The molecule has 7 nitrogen and oxygen atoms in total. The largest absolute Gasteiger partial charge is 0.293 e. The highest BCUT2D eigenvalue weighted by molar-refractivity contribution is 5.95. The van der Waals surface area contributed by atoms with E-state index in [2.05, 4.69) is 20.2 Å². The zero-order valence-corrected chi connectivity index (χ0v) is 16.1. The van der Waals surface area contributed by atoms with E-state index in [9.17, 15) is 4.79 Å².